The Hall–Kier alpha value is -0.160. The monoisotopic (exact) mass is 497 g/mol. The molecule has 3 N–H and O–H groups in total. The van der Waals surface area contributed by atoms with Crippen LogP contribution in [-0.4, -0.2) is 99.1 Å². The fourth-order valence-corrected chi connectivity index (χ4v) is 3.66. The molecule has 0 unspecified atom stereocenters. The third kappa shape index (κ3) is 10.3. The summed E-state index contributed by atoms with van der Waals surface area (Å²) in [6.07, 6.45) is 5.12. The van der Waals surface area contributed by atoms with E-state index in [2.05, 4.69) is 27.4 Å². The number of hydrogen-bond donors (Lipinski definition) is 3. The van der Waals surface area contributed by atoms with Crippen molar-refractivity contribution in [2.24, 2.45) is 4.99 Å². The second-order valence-electron chi connectivity index (χ2n) is 7.44. The molecule has 2 aliphatic rings. The van der Waals surface area contributed by atoms with Crippen molar-refractivity contribution >= 4 is 29.9 Å². The minimum absolute atomic E-state index is 0. The van der Waals surface area contributed by atoms with Gasteiger partial charge in [0, 0.05) is 59.0 Å². The number of nitrogens with one attached hydrogen (secondary N) is 2. The molecule has 2 saturated heterocycles. The SMILES string of the molecule is CCNC(=NCCCN1CCC(O)CC1)NC1CCN(CCOC)CC1.I. The van der Waals surface area contributed by atoms with E-state index in [4.69, 9.17) is 9.73 Å². The molecule has 0 amide bonds. The van der Waals surface area contributed by atoms with Crippen LogP contribution in [0.5, 0.6) is 0 Å². The highest BCUT2D eigenvalue weighted by Gasteiger charge is 2.19. The lowest BCUT2D eigenvalue weighted by Gasteiger charge is -2.33. The Morgan fingerprint density at radius 1 is 1.07 bits per heavy atom. The smallest absolute Gasteiger partial charge is 0.191 e. The van der Waals surface area contributed by atoms with Gasteiger partial charge in [0.05, 0.1) is 12.7 Å². The molecule has 0 aromatic carbocycles. The molecule has 0 bridgehead atoms. The van der Waals surface area contributed by atoms with Gasteiger partial charge in [-0.05, 0) is 45.6 Å². The van der Waals surface area contributed by atoms with Gasteiger partial charge in [0.2, 0.25) is 0 Å². The van der Waals surface area contributed by atoms with Crippen LogP contribution in [0, 0.1) is 0 Å². The first-order valence-electron chi connectivity index (χ1n) is 10.4. The number of ether oxygens (including phenoxy) is 1. The fraction of sp³-hybridized carbons (Fsp3) is 0.947. The molecule has 0 aromatic heterocycles. The van der Waals surface area contributed by atoms with Crippen LogP contribution < -0.4 is 10.6 Å². The number of nitrogens with zero attached hydrogens (tertiary/aromatic N) is 3. The third-order valence-corrected chi connectivity index (χ3v) is 5.34. The van der Waals surface area contributed by atoms with E-state index in [-0.39, 0.29) is 30.1 Å². The molecule has 27 heavy (non-hydrogen) atoms. The molecular formula is C19H40IN5O2. The van der Waals surface area contributed by atoms with E-state index >= 15 is 0 Å². The summed E-state index contributed by atoms with van der Waals surface area (Å²) in [4.78, 5) is 9.68. The first kappa shape index (κ1) is 24.9. The van der Waals surface area contributed by atoms with E-state index in [0.717, 1.165) is 97.0 Å². The molecule has 2 aliphatic heterocycles. The summed E-state index contributed by atoms with van der Waals surface area (Å²) in [5, 5.41) is 16.6. The number of methoxy groups -OCH3 is 1. The summed E-state index contributed by atoms with van der Waals surface area (Å²) in [5.74, 6) is 0.955. The van der Waals surface area contributed by atoms with Crippen molar-refractivity contribution in [1.29, 1.82) is 0 Å². The molecule has 0 saturated carbocycles. The number of rotatable bonds is 9. The van der Waals surface area contributed by atoms with E-state index < -0.39 is 0 Å². The fourth-order valence-electron chi connectivity index (χ4n) is 3.66. The average Bonchev–Trinajstić information content (AvgIpc) is 2.66. The van der Waals surface area contributed by atoms with Crippen LogP contribution in [0.1, 0.15) is 39.0 Å². The van der Waals surface area contributed by atoms with Crippen molar-refractivity contribution in [2.45, 2.75) is 51.2 Å². The van der Waals surface area contributed by atoms with E-state index in [1.807, 2.05) is 0 Å². The Labute approximate surface area is 182 Å². The lowest BCUT2D eigenvalue weighted by Crippen LogP contribution is -2.49. The number of aliphatic hydroxyl groups excluding tert-OH is 1. The number of hydrogen-bond acceptors (Lipinski definition) is 5. The zero-order valence-electron chi connectivity index (χ0n) is 17.2. The zero-order chi connectivity index (χ0) is 18.6. The molecule has 2 heterocycles. The molecule has 8 heteroatoms. The van der Waals surface area contributed by atoms with Crippen molar-refractivity contribution in [3.63, 3.8) is 0 Å². The van der Waals surface area contributed by atoms with Crippen molar-refractivity contribution in [3.8, 4) is 0 Å². The molecule has 0 spiro atoms. The van der Waals surface area contributed by atoms with Crippen LogP contribution in [0.15, 0.2) is 4.99 Å². The van der Waals surface area contributed by atoms with Gasteiger partial charge in [0.15, 0.2) is 5.96 Å². The molecule has 2 rings (SSSR count). The Balaban J connectivity index is 0.00000364. The highest BCUT2D eigenvalue weighted by atomic mass is 127. The highest BCUT2D eigenvalue weighted by Crippen LogP contribution is 2.11. The molecule has 0 aliphatic carbocycles. The van der Waals surface area contributed by atoms with Gasteiger partial charge in [-0.3, -0.25) is 4.99 Å². The van der Waals surface area contributed by atoms with Crippen LogP contribution in [0.4, 0.5) is 0 Å². The standard InChI is InChI=1S/C19H39N5O2.HI/c1-3-20-19(21-9-4-10-23-13-7-18(25)8-14-23)22-17-5-11-24(12-6-17)15-16-26-2;/h17-18,25H,3-16H2,1-2H3,(H2,20,21,22);1H. The maximum atomic E-state index is 9.57. The van der Waals surface area contributed by atoms with Gasteiger partial charge in [0.1, 0.15) is 0 Å². The minimum atomic E-state index is -0.0882. The molecule has 2 fully saturated rings. The topological polar surface area (TPSA) is 72.4 Å². The second-order valence-corrected chi connectivity index (χ2v) is 7.44. The van der Waals surface area contributed by atoms with Crippen molar-refractivity contribution in [1.82, 2.24) is 20.4 Å². The Morgan fingerprint density at radius 3 is 2.33 bits per heavy atom. The molecule has 0 atom stereocenters. The maximum absolute atomic E-state index is 9.57. The predicted molar refractivity (Wildman–Crippen MR) is 122 cm³/mol. The number of guanidine groups is 1. The molecule has 7 nitrogen and oxygen atoms in total. The molecule has 160 valence electrons. The third-order valence-electron chi connectivity index (χ3n) is 5.34. The maximum Gasteiger partial charge on any atom is 0.191 e. The van der Waals surface area contributed by atoms with Gasteiger partial charge < -0.3 is 30.3 Å². The lowest BCUT2D eigenvalue weighted by molar-refractivity contribution is 0.0824. The van der Waals surface area contributed by atoms with Gasteiger partial charge in [-0.1, -0.05) is 0 Å². The first-order chi connectivity index (χ1) is 12.7. The number of aliphatic hydroxyl groups is 1. The Morgan fingerprint density at radius 2 is 1.70 bits per heavy atom. The Kier molecular flexibility index (Phi) is 13.6. The number of likely N-dealkylation sites (tertiary alicyclic amines) is 2. The van der Waals surface area contributed by atoms with Gasteiger partial charge in [0.25, 0.3) is 0 Å². The summed E-state index contributed by atoms with van der Waals surface area (Å²) in [5.41, 5.74) is 0. The van der Waals surface area contributed by atoms with Crippen LogP contribution >= 0.6 is 24.0 Å². The normalized spacial score (nSPS) is 21.1. The van der Waals surface area contributed by atoms with Gasteiger partial charge >= 0.3 is 0 Å². The van der Waals surface area contributed by atoms with E-state index in [0.29, 0.717) is 6.04 Å². The summed E-state index contributed by atoms with van der Waals surface area (Å²) < 4.78 is 5.17. The number of aliphatic imine (C=N–C) groups is 1. The summed E-state index contributed by atoms with van der Waals surface area (Å²) in [7, 11) is 1.77. The number of piperidine rings is 2. The zero-order valence-corrected chi connectivity index (χ0v) is 19.5. The molecule has 0 radical (unpaired) electrons. The van der Waals surface area contributed by atoms with Crippen LogP contribution in [0.2, 0.25) is 0 Å². The van der Waals surface area contributed by atoms with Gasteiger partial charge in [-0.2, -0.15) is 0 Å². The predicted octanol–water partition coefficient (Wildman–Crippen LogP) is 1.12. The molecular weight excluding hydrogens is 457 g/mol. The van der Waals surface area contributed by atoms with Gasteiger partial charge in [-0.25, -0.2) is 0 Å². The second kappa shape index (κ2) is 14.8. The number of halogens is 1. The van der Waals surface area contributed by atoms with E-state index in [1.54, 1.807) is 7.11 Å². The van der Waals surface area contributed by atoms with Crippen molar-refractivity contribution in [3.05, 3.63) is 0 Å². The van der Waals surface area contributed by atoms with E-state index in [1.165, 1.54) is 0 Å². The first-order valence-corrected chi connectivity index (χ1v) is 10.4. The average molecular weight is 497 g/mol. The van der Waals surface area contributed by atoms with E-state index in [9.17, 15) is 5.11 Å². The van der Waals surface area contributed by atoms with Crippen LogP contribution in [0.3, 0.4) is 0 Å². The quantitative estimate of drug-likeness (QED) is 0.192. The van der Waals surface area contributed by atoms with Crippen molar-refractivity contribution in [2.75, 3.05) is 66.1 Å². The summed E-state index contributed by atoms with van der Waals surface area (Å²) >= 11 is 0. The lowest BCUT2D eigenvalue weighted by atomic mass is 10.1. The Bertz CT molecular complexity index is 398. The highest BCUT2D eigenvalue weighted by molar-refractivity contribution is 14.0. The van der Waals surface area contributed by atoms with Crippen LogP contribution in [0.25, 0.3) is 0 Å². The van der Waals surface area contributed by atoms with Crippen molar-refractivity contribution < 1.29 is 9.84 Å². The largest absolute Gasteiger partial charge is 0.393 e. The van der Waals surface area contributed by atoms with Gasteiger partial charge in [-0.15, -0.1) is 24.0 Å². The van der Waals surface area contributed by atoms with Crippen LogP contribution in [-0.2, 0) is 4.74 Å². The summed E-state index contributed by atoms with van der Waals surface area (Å²) in [6, 6.07) is 0.509. The summed E-state index contributed by atoms with van der Waals surface area (Å²) in [6.45, 7) is 11.1. The minimum Gasteiger partial charge on any atom is -0.393 e. The molecule has 0 aromatic rings.